The van der Waals surface area contributed by atoms with Crippen LogP contribution in [0.1, 0.15) is 19.8 Å². The van der Waals surface area contributed by atoms with Crippen molar-refractivity contribution in [3.05, 3.63) is 24.5 Å². The third kappa shape index (κ3) is 4.77. The fourth-order valence-corrected chi connectivity index (χ4v) is 1.93. The predicted octanol–water partition coefficient (Wildman–Crippen LogP) is 0.526. The van der Waals surface area contributed by atoms with Crippen molar-refractivity contribution in [2.24, 2.45) is 0 Å². The molecule has 0 unspecified atom stereocenters. The van der Waals surface area contributed by atoms with E-state index in [4.69, 9.17) is 4.74 Å². The number of methoxy groups -OCH3 is 1. The zero-order chi connectivity index (χ0) is 16.7. The Balaban J connectivity index is 1.96. The average Bonchev–Trinajstić information content (AvgIpc) is 3.06. The first-order valence-electron chi connectivity index (χ1n) is 7.06. The maximum atomic E-state index is 11.9. The highest BCUT2D eigenvalue weighted by Crippen LogP contribution is 2.27. The first kappa shape index (κ1) is 16.4. The first-order valence-corrected chi connectivity index (χ1v) is 7.06. The molecule has 1 aromatic carbocycles. The number of nitrogens with one attached hydrogen (secondary N) is 2. The molecule has 9 nitrogen and oxygen atoms in total. The number of amides is 2. The van der Waals surface area contributed by atoms with E-state index in [1.54, 1.807) is 18.2 Å². The topological polar surface area (TPSA) is 111 Å². The van der Waals surface area contributed by atoms with Gasteiger partial charge in [-0.15, -0.1) is 5.10 Å². The van der Waals surface area contributed by atoms with Crippen LogP contribution in [0.3, 0.4) is 0 Å². The zero-order valence-electron chi connectivity index (χ0n) is 12.9. The van der Waals surface area contributed by atoms with Gasteiger partial charge in [-0.1, -0.05) is 0 Å². The Morgan fingerprint density at radius 3 is 2.83 bits per heavy atom. The molecule has 23 heavy (non-hydrogen) atoms. The van der Waals surface area contributed by atoms with Gasteiger partial charge in [0.25, 0.3) is 0 Å². The Bertz CT molecular complexity index is 671. The van der Waals surface area contributed by atoms with Gasteiger partial charge in [-0.25, -0.2) is 4.68 Å². The molecular formula is C14H18N6O3. The fourth-order valence-electron chi connectivity index (χ4n) is 1.93. The SMILES string of the molecule is COc1cc(-n2cnnn2)ccc1NC(=O)CCCNC(C)=O. The molecule has 2 amide bonds. The van der Waals surface area contributed by atoms with Gasteiger partial charge in [-0.05, 0) is 29.0 Å². The zero-order valence-corrected chi connectivity index (χ0v) is 12.9. The standard InChI is InChI=1S/C14H18N6O3/c1-10(21)15-7-3-4-14(22)17-12-6-5-11(8-13(12)23-2)20-9-16-18-19-20/h5-6,8-9H,3-4,7H2,1-2H3,(H,15,21)(H,17,22). The Labute approximate surface area is 133 Å². The minimum absolute atomic E-state index is 0.106. The average molecular weight is 318 g/mol. The van der Waals surface area contributed by atoms with Gasteiger partial charge < -0.3 is 15.4 Å². The summed E-state index contributed by atoms with van der Waals surface area (Å²) in [6, 6.07) is 5.22. The monoisotopic (exact) mass is 318 g/mol. The number of hydrogen-bond acceptors (Lipinski definition) is 6. The molecule has 2 aromatic rings. The lowest BCUT2D eigenvalue weighted by atomic mass is 10.2. The van der Waals surface area contributed by atoms with Crippen LogP contribution >= 0.6 is 0 Å². The number of ether oxygens (including phenoxy) is 1. The summed E-state index contributed by atoms with van der Waals surface area (Å²) in [5, 5.41) is 16.4. The van der Waals surface area contributed by atoms with Gasteiger partial charge in [0.15, 0.2) is 0 Å². The fraction of sp³-hybridized carbons (Fsp3) is 0.357. The molecule has 2 N–H and O–H groups in total. The van der Waals surface area contributed by atoms with Crippen molar-refractivity contribution in [2.45, 2.75) is 19.8 Å². The van der Waals surface area contributed by atoms with Crippen molar-refractivity contribution in [2.75, 3.05) is 19.0 Å². The van der Waals surface area contributed by atoms with E-state index >= 15 is 0 Å². The van der Waals surface area contributed by atoms with Crippen LogP contribution in [0.25, 0.3) is 5.69 Å². The molecule has 0 fully saturated rings. The largest absolute Gasteiger partial charge is 0.494 e. The van der Waals surface area contributed by atoms with Crippen molar-refractivity contribution in [1.82, 2.24) is 25.5 Å². The molecule has 0 aliphatic rings. The van der Waals surface area contributed by atoms with Crippen molar-refractivity contribution >= 4 is 17.5 Å². The van der Waals surface area contributed by atoms with E-state index < -0.39 is 0 Å². The summed E-state index contributed by atoms with van der Waals surface area (Å²) in [6.07, 6.45) is 2.34. The molecular weight excluding hydrogens is 300 g/mol. The van der Waals surface area contributed by atoms with E-state index in [9.17, 15) is 9.59 Å². The van der Waals surface area contributed by atoms with Crippen LogP contribution in [0.4, 0.5) is 5.69 Å². The molecule has 0 bridgehead atoms. The second kappa shape index (κ2) is 7.87. The van der Waals surface area contributed by atoms with Gasteiger partial charge in [0.1, 0.15) is 12.1 Å². The molecule has 0 spiro atoms. The molecule has 9 heteroatoms. The summed E-state index contributed by atoms with van der Waals surface area (Å²) in [4.78, 5) is 22.7. The Hall–Kier alpha value is -2.97. The molecule has 0 atom stereocenters. The smallest absolute Gasteiger partial charge is 0.224 e. The van der Waals surface area contributed by atoms with E-state index in [1.807, 2.05) is 0 Å². The second-order valence-electron chi connectivity index (χ2n) is 4.77. The third-order valence-electron chi connectivity index (χ3n) is 3.03. The molecule has 0 radical (unpaired) electrons. The van der Waals surface area contributed by atoms with Gasteiger partial charge >= 0.3 is 0 Å². The lowest BCUT2D eigenvalue weighted by Crippen LogP contribution is -2.22. The van der Waals surface area contributed by atoms with Crippen molar-refractivity contribution in [3.8, 4) is 11.4 Å². The van der Waals surface area contributed by atoms with Crippen LogP contribution in [0, 0.1) is 0 Å². The summed E-state index contributed by atoms with van der Waals surface area (Å²) in [5.41, 5.74) is 1.28. The van der Waals surface area contributed by atoms with E-state index in [0.29, 0.717) is 30.8 Å². The third-order valence-corrected chi connectivity index (χ3v) is 3.03. The van der Waals surface area contributed by atoms with Crippen LogP contribution in [0.2, 0.25) is 0 Å². The Morgan fingerprint density at radius 2 is 2.17 bits per heavy atom. The van der Waals surface area contributed by atoms with E-state index in [1.165, 1.54) is 25.0 Å². The lowest BCUT2D eigenvalue weighted by Gasteiger charge is -2.11. The summed E-state index contributed by atoms with van der Waals surface area (Å²) in [7, 11) is 1.52. The van der Waals surface area contributed by atoms with E-state index in [0.717, 1.165) is 5.69 Å². The quantitative estimate of drug-likeness (QED) is 0.720. The minimum Gasteiger partial charge on any atom is -0.494 e. The van der Waals surface area contributed by atoms with Crippen LogP contribution in [0.5, 0.6) is 5.75 Å². The molecule has 0 aliphatic carbocycles. The number of aromatic nitrogens is 4. The number of nitrogens with zero attached hydrogens (tertiary/aromatic N) is 4. The predicted molar refractivity (Wildman–Crippen MR) is 82.3 cm³/mol. The second-order valence-corrected chi connectivity index (χ2v) is 4.77. The highest BCUT2D eigenvalue weighted by molar-refractivity contribution is 5.92. The van der Waals surface area contributed by atoms with Crippen molar-refractivity contribution in [3.63, 3.8) is 0 Å². The Kier molecular flexibility index (Phi) is 5.61. The highest BCUT2D eigenvalue weighted by atomic mass is 16.5. The number of rotatable bonds is 7. The number of carbonyl (C=O) groups excluding carboxylic acids is 2. The highest BCUT2D eigenvalue weighted by Gasteiger charge is 2.10. The number of tetrazole rings is 1. The summed E-state index contributed by atoms with van der Waals surface area (Å²) in [5.74, 6) is 0.252. The molecule has 122 valence electrons. The number of hydrogen-bond donors (Lipinski definition) is 2. The molecule has 0 saturated heterocycles. The minimum atomic E-state index is -0.149. The number of anilines is 1. The Morgan fingerprint density at radius 1 is 1.35 bits per heavy atom. The number of benzene rings is 1. The van der Waals surface area contributed by atoms with Crippen LogP contribution in [-0.2, 0) is 9.59 Å². The van der Waals surface area contributed by atoms with Gasteiger partial charge in [-0.2, -0.15) is 0 Å². The van der Waals surface area contributed by atoms with Gasteiger partial charge in [0.05, 0.1) is 18.5 Å². The molecule has 0 saturated carbocycles. The van der Waals surface area contributed by atoms with Crippen LogP contribution in [0.15, 0.2) is 24.5 Å². The molecule has 2 rings (SSSR count). The normalized spacial score (nSPS) is 10.2. The lowest BCUT2D eigenvalue weighted by molar-refractivity contribution is -0.119. The maximum Gasteiger partial charge on any atom is 0.224 e. The van der Waals surface area contributed by atoms with Crippen molar-refractivity contribution < 1.29 is 14.3 Å². The van der Waals surface area contributed by atoms with E-state index in [-0.39, 0.29) is 11.8 Å². The van der Waals surface area contributed by atoms with Crippen molar-refractivity contribution in [1.29, 1.82) is 0 Å². The van der Waals surface area contributed by atoms with Gasteiger partial charge in [-0.3, -0.25) is 9.59 Å². The number of carbonyl (C=O) groups is 2. The summed E-state index contributed by atoms with van der Waals surface area (Å²) < 4.78 is 6.78. The van der Waals surface area contributed by atoms with Crippen LogP contribution < -0.4 is 15.4 Å². The van der Waals surface area contributed by atoms with Gasteiger partial charge in [0.2, 0.25) is 11.8 Å². The molecule has 0 aliphatic heterocycles. The first-order chi connectivity index (χ1) is 11.1. The van der Waals surface area contributed by atoms with Gasteiger partial charge in [0, 0.05) is 26.0 Å². The molecule has 1 aromatic heterocycles. The summed E-state index contributed by atoms with van der Waals surface area (Å²) >= 11 is 0. The molecule has 1 heterocycles. The maximum absolute atomic E-state index is 11.9. The van der Waals surface area contributed by atoms with Crippen LogP contribution in [-0.4, -0.2) is 45.7 Å². The summed E-state index contributed by atoms with van der Waals surface area (Å²) in [6.45, 7) is 1.91. The van der Waals surface area contributed by atoms with E-state index in [2.05, 4.69) is 26.2 Å².